The lowest BCUT2D eigenvalue weighted by molar-refractivity contribution is 0.0946. The number of aromatic nitrogens is 1. The molecule has 0 fully saturated rings. The third-order valence-corrected chi connectivity index (χ3v) is 3.96. The molecule has 0 atom stereocenters. The maximum atomic E-state index is 12.4. The molecule has 0 unspecified atom stereocenters. The van der Waals surface area contributed by atoms with Crippen LogP contribution in [0.4, 0.5) is 11.4 Å². The number of ether oxygens (including phenoxy) is 1. The first-order chi connectivity index (χ1) is 12.7. The Balaban J connectivity index is 1.72. The van der Waals surface area contributed by atoms with Gasteiger partial charge in [-0.25, -0.2) is 0 Å². The minimum atomic E-state index is -0.240. The van der Waals surface area contributed by atoms with E-state index in [0.717, 1.165) is 5.56 Å². The quantitative estimate of drug-likeness (QED) is 0.677. The topological polar surface area (TPSA) is 63.2 Å². The van der Waals surface area contributed by atoms with Crippen molar-refractivity contribution in [1.29, 1.82) is 0 Å². The zero-order valence-electron chi connectivity index (χ0n) is 14.2. The smallest absolute Gasteiger partial charge is 0.270 e. The van der Waals surface area contributed by atoms with Crippen LogP contribution in [0.15, 0.2) is 66.9 Å². The number of hydrogen-bond acceptors (Lipinski definition) is 4. The van der Waals surface area contributed by atoms with Gasteiger partial charge in [-0.2, -0.15) is 0 Å². The molecule has 3 aromatic rings. The number of nitrogens with one attached hydrogen (secondary N) is 2. The Kier molecular flexibility index (Phi) is 5.71. The van der Waals surface area contributed by atoms with Crippen molar-refractivity contribution in [1.82, 2.24) is 10.3 Å². The minimum absolute atomic E-state index is 0.240. The molecule has 26 heavy (non-hydrogen) atoms. The lowest BCUT2D eigenvalue weighted by Gasteiger charge is -2.12. The van der Waals surface area contributed by atoms with Crippen molar-refractivity contribution in [2.75, 3.05) is 12.4 Å². The van der Waals surface area contributed by atoms with Crippen molar-refractivity contribution in [2.24, 2.45) is 0 Å². The summed E-state index contributed by atoms with van der Waals surface area (Å²) in [7, 11) is 1.59. The van der Waals surface area contributed by atoms with E-state index in [1.807, 2.05) is 30.3 Å². The Bertz CT molecular complexity index is 901. The van der Waals surface area contributed by atoms with Crippen LogP contribution in [-0.2, 0) is 6.54 Å². The lowest BCUT2D eigenvalue weighted by atomic mass is 10.2. The predicted molar refractivity (Wildman–Crippen MR) is 103 cm³/mol. The summed E-state index contributed by atoms with van der Waals surface area (Å²) in [6.45, 7) is 0.446. The van der Waals surface area contributed by atoms with Crippen molar-refractivity contribution in [3.05, 3.63) is 83.1 Å². The minimum Gasteiger partial charge on any atom is -0.495 e. The molecule has 2 aromatic carbocycles. The molecule has 0 aliphatic carbocycles. The second-order valence-electron chi connectivity index (χ2n) is 5.57. The van der Waals surface area contributed by atoms with Gasteiger partial charge in [0.1, 0.15) is 11.4 Å². The molecule has 0 aliphatic rings. The number of carbonyl (C=O) groups is 1. The highest BCUT2D eigenvalue weighted by Gasteiger charge is 2.09. The third-order valence-electron chi connectivity index (χ3n) is 3.73. The van der Waals surface area contributed by atoms with E-state index in [1.165, 1.54) is 0 Å². The maximum absolute atomic E-state index is 12.4. The zero-order chi connectivity index (χ0) is 18.4. The summed E-state index contributed by atoms with van der Waals surface area (Å²) >= 11 is 6.05. The molecule has 0 aliphatic heterocycles. The molecule has 132 valence electrons. The molecule has 0 saturated heterocycles. The zero-order valence-corrected chi connectivity index (χ0v) is 15.0. The van der Waals surface area contributed by atoms with Crippen LogP contribution >= 0.6 is 11.6 Å². The van der Waals surface area contributed by atoms with Crippen LogP contribution < -0.4 is 15.4 Å². The highest BCUT2D eigenvalue weighted by Crippen LogP contribution is 2.30. The fourth-order valence-electron chi connectivity index (χ4n) is 2.43. The number of carbonyl (C=O) groups excluding carboxylic acids is 1. The van der Waals surface area contributed by atoms with Crippen LogP contribution in [0.1, 0.15) is 16.1 Å². The average molecular weight is 368 g/mol. The van der Waals surface area contributed by atoms with Crippen molar-refractivity contribution < 1.29 is 9.53 Å². The fraction of sp³-hybridized carbons (Fsp3) is 0.100. The van der Waals surface area contributed by atoms with Gasteiger partial charge < -0.3 is 15.4 Å². The van der Waals surface area contributed by atoms with E-state index in [9.17, 15) is 4.79 Å². The molecule has 3 rings (SSSR count). The summed E-state index contributed by atoms with van der Waals surface area (Å²) in [5.74, 6) is 0.414. The predicted octanol–water partition coefficient (Wildman–Crippen LogP) is 4.42. The number of hydrogen-bond donors (Lipinski definition) is 2. The molecule has 5 nitrogen and oxygen atoms in total. The first-order valence-electron chi connectivity index (χ1n) is 8.04. The highest BCUT2D eigenvalue weighted by atomic mass is 35.5. The molecular weight excluding hydrogens is 350 g/mol. The first-order valence-corrected chi connectivity index (χ1v) is 8.42. The Hall–Kier alpha value is -3.05. The Labute approximate surface area is 157 Å². The van der Waals surface area contributed by atoms with Crippen LogP contribution in [0.25, 0.3) is 0 Å². The number of halogens is 1. The summed E-state index contributed by atoms with van der Waals surface area (Å²) in [5, 5.41) is 6.65. The van der Waals surface area contributed by atoms with Crippen molar-refractivity contribution >= 4 is 28.9 Å². The Morgan fingerprint density at radius 1 is 1.12 bits per heavy atom. The van der Waals surface area contributed by atoms with Gasteiger partial charge >= 0.3 is 0 Å². The number of amides is 1. The Morgan fingerprint density at radius 2 is 1.92 bits per heavy atom. The average Bonchev–Trinajstić information content (AvgIpc) is 2.67. The molecule has 6 heteroatoms. The van der Waals surface area contributed by atoms with Gasteiger partial charge in [-0.05, 0) is 35.9 Å². The van der Waals surface area contributed by atoms with Gasteiger partial charge in [-0.3, -0.25) is 9.78 Å². The molecule has 1 aromatic heterocycles. The van der Waals surface area contributed by atoms with E-state index in [4.69, 9.17) is 16.3 Å². The molecule has 2 N–H and O–H groups in total. The van der Waals surface area contributed by atoms with Crippen LogP contribution in [-0.4, -0.2) is 18.0 Å². The molecule has 1 heterocycles. The summed E-state index contributed by atoms with van der Waals surface area (Å²) in [6.07, 6.45) is 1.58. The van der Waals surface area contributed by atoms with Crippen molar-refractivity contribution in [3.63, 3.8) is 0 Å². The van der Waals surface area contributed by atoms with E-state index in [0.29, 0.717) is 34.4 Å². The standard InChI is InChI=1S/C20H18ClN3O2/c1-26-19-8-7-15(21)11-17(19)24-16-9-10-22-18(12-16)20(25)23-13-14-5-3-2-4-6-14/h2-12H,13H2,1H3,(H,22,24)(H,23,25). The van der Waals surface area contributed by atoms with Gasteiger partial charge in [-0.1, -0.05) is 41.9 Å². The number of benzene rings is 2. The summed E-state index contributed by atoms with van der Waals surface area (Å²) in [5.41, 5.74) is 2.78. The number of nitrogens with zero attached hydrogens (tertiary/aromatic N) is 1. The van der Waals surface area contributed by atoms with Gasteiger partial charge in [0, 0.05) is 23.5 Å². The molecular formula is C20H18ClN3O2. The summed E-state index contributed by atoms with van der Waals surface area (Å²) in [6, 6.07) is 18.5. The molecule has 0 radical (unpaired) electrons. The van der Waals surface area contributed by atoms with E-state index in [-0.39, 0.29) is 5.91 Å². The van der Waals surface area contributed by atoms with Gasteiger partial charge in [0.05, 0.1) is 12.8 Å². The van der Waals surface area contributed by atoms with E-state index < -0.39 is 0 Å². The second-order valence-corrected chi connectivity index (χ2v) is 6.00. The van der Waals surface area contributed by atoms with Gasteiger partial charge in [0.25, 0.3) is 5.91 Å². The molecule has 0 bridgehead atoms. The number of rotatable bonds is 6. The number of anilines is 2. The second kappa shape index (κ2) is 8.36. The first kappa shape index (κ1) is 17.8. The van der Waals surface area contributed by atoms with Crippen LogP contribution in [0.3, 0.4) is 0 Å². The molecule has 0 saturated carbocycles. The maximum Gasteiger partial charge on any atom is 0.270 e. The largest absolute Gasteiger partial charge is 0.495 e. The SMILES string of the molecule is COc1ccc(Cl)cc1Nc1ccnc(C(=O)NCc2ccccc2)c1. The van der Waals surface area contributed by atoms with Crippen LogP contribution in [0, 0.1) is 0 Å². The lowest BCUT2D eigenvalue weighted by Crippen LogP contribution is -2.23. The van der Waals surface area contributed by atoms with E-state index in [1.54, 1.807) is 43.6 Å². The van der Waals surface area contributed by atoms with Crippen LogP contribution in [0.2, 0.25) is 5.02 Å². The number of methoxy groups -OCH3 is 1. The summed E-state index contributed by atoms with van der Waals surface area (Å²) in [4.78, 5) is 16.5. The van der Waals surface area contributed by atoms with Crippen LogP contribution in [0.5, 0.6) is 5.75 Å². The molecule has 0 spiro atoms. The summed E-state index contributed by atoms with van der Waals surface area (Å²) < 4.78 is 5.32. The number of pyridine rings is 1. The normalized spacial score (nSPS) is 10.2. The van der Waals surface area contributed by atoms with Gasteiger partial charge in [-0.15, -0.1) is 0 Å². The molecule has 1 amide bonds. The van der Waals surface area contributed by atoms with Gasteiger partial charge in [0.2, 0.25) is 0 Å². The monoisotopic (exact) mass is 367 g/mol. The Morgan fingerprint density at radius 3 is 2.69 bits per heavy atom. The van der Waals surface area contributed by atoms with E-state index in [2.05, 4.69) is 15.6 Å². The highest BCUT2D eigenvalue weighted by molar-refractivity contribution is 6.31. The van der Waals surface area contributed by atoms with Crippen molar-refractivity contribution in [2.45, 2.75) is 6.54 Å². The van der Waals surface area contributed by atoms with Gasteiger partial charge in [0.15, 0.2) is 0 Å². The third kappa shape index (κ3) is 4.52. The fourth-order valence-corrected chi connectivity index (χ4v) is 2.61. The van der Waals surface area contributed by atoms with E-state index >= 15 is 0 Å². The van der Waals surface area contributed by atoms with Crippen molar-refractivity contribution in [3.8, 4) is 5.75 Å².